The molecule has 0 saturated carbocycles. The molecule has 2 rings (SSSR count). The number of piperidine rings is 1. The fourth-order valence-corrected chi connectivity index (χ4v) is 2.38. The Morgan fingerprint density at radius 2 is 2.32 bits per heavy atom. The van der Waals surface area contributed by atoms with E-state index in [4.69, 9.17) is 5.73 Å². The number of aromatic nitrogens is 2. The number of hydrogen-bond donors (Lipinski definition) is 3. The van der Waals surface area contributed by atoms with Crippen molar-refractivity contribution in [3.8, 4) is 0 Å². The first-order valence-electron chi connectivity index (χ1n) is 7.03. The van der Waals surface area contributed by atoms with Gasteiger partial charge in [-0.1, -0.05) is 6.92 Å². The molecule has 0 amide bonds. The lowest BCUT2D eigenvalue weighted by molar-refractivity contribution is 0.447. The number of likely N-dealkylation sites (N-methyl/N-ethyl adjacent to an activating group) is 1. The molecule has 1 aromatic heterocycles. The average molecular weight is 264 g/mol. The Hall–Kier alpha value is -1.56. The highest BCUT2D eigenvalue weighted by atomic mass is 15.2. The van der Waals surface area contributed by atoms with Crippen LogP contribution in [-0.2, 0) is 0 Å². The van der Waals surface area contributed by atoms with Gasteiger partial charge in [0.05, 0.1) is 0 Å². The van der Waals surface area contributed by atoms with Crippen molar-refractivity contribution in [2.24, 2.45) is 0 Å². The molecule has 1 aliphatic heterocycles. The van der Waals surface area contributed by atoms with Crippen LogP contribution in [0, 0.1) is 0 Å². The van der Waals surface area contributed by atoms with Crippen molar-refractivity contribution in [3.05, 3.63) is 6.07 Å². The summed E-state index contributed by atoms with van der Waals surface area (Å²) in [7, 11) is 2.01. The maximum Gasteiger partial charge on any atom is 0.223 e. The van der Waals surface area contributed by atoms with Gasteiger partial charge in [-0.25, -0.2) is 0 Å². The van der Waals surface area contributed by atoms with E-state index >= 15 is 0 Å². The molecule has 1 unspecified atom stereocenters. The van der Waals surface area contributed by atoms with Crippen LogP contribution in [0.2, 0.25) is 0 Å². The molecule has 0 aromatic carbocycles. The number of nitrogens with zero attached hydrogens (tertiary/aromatic N) is 3. The molecule has 0 bridgehead atoms. The molecule has 0 aliphatic carbocycles. The van der Waals surface area contributed by atoms with Crippen LogP contribution in [0.5, 0.6) is 0 Å². The maximum absolute atomic E-state index is 5.80. The van der Waals surface area contributed by atoms with Crippen molar-refractivity contribution in [1.29, 1.82) is 0 Å². The van der Waals surface area contributed by atoms with Gasteiger partial charge >= 0.3 is 0 Å². The molecule has 1 atom stereocenters. The van der Waals surface area contributed by atoms with E-state index in [-0.39, 0.29) is 0 Å². The van der Waals surface area contributed by atoms with Crippen molar-refractivity contribution in [1.82, 2.24) is 15.3 Å². The lowest BCUT2D eigenvalue weighted by Gasteiger charge is -2.33. The van der Waals surface area contributed by atoms with Gasteiger partial charge in [-0.2, -0.15) is 9.97 Å². The molecular weight excluding hydrogens is 240 g/mol. The van der Waals surface area contributed by atoms with Gasteiger partial charge in [0.2, 0.25) is 5.95 Å². The van der Waals surface area contributed by atoms with E-state index in [9.17, 15) is 0 Å². The molecule has 6 heteroatoms. The Bertz CT molecular complexity index is 408. The molecule has 1 fully saturated rings. The second-order valence-electron chi connectivity index (χ2n) is 4.97. The van der Waals surface area contributed by atoms with E-state index in [0.717, 1.165) is 37.7 Å². The third-order valence-electron chi connectivity index (χ3n) is 3.44. The molecule has 4 N–H and O–H groups in total. The zero-order valence-corrected chi connectivity index (χ0v) is 11.8. The Kier molecular flexibility index (Phi) is 4.79. The number of anilines is 3. The zero-order valence-electron chi connectivity index (χ0n) is 11.8. The monoisotopic (exact) mass is 264 g/mol. The van der Waals surface area contributed by atoms with Crippen LogP contribution in [0.15, 0.2) is 6.07 Å². The highest BCUT2D eigenvalue weighted by molar-refractivity contribution is 5.53. The van der Waals surface area contributed by atoms with Crippen LogP contribution in [0.1, 0.15) is 26.2 Å². The Morgan fingerprint density at radius 3 is 3.05 bits per heavy atom. The van der Waals surface area contributed by atoms with Gasteiger partial charge in [0.25, 0.3) is 0 Å². The van der Waals surface area contributed by atoms with Crippen LogP contribution in [-0.4, -0.2) is 42.7 Å². The summed E-state index contributed by atoms with van der Waals surface area (Å²) in [6.45, 7) is 5.03. The minimum absolute atomic E-state index is 0.336. The van der Waals surface area contributed by atoms with Crippen LogP contribution in [0.25, 0.3) is 0 Å². The minimum atomic E-state index is 0.336. The van der Waals surface area contributed by atoms with E-state index in [0.29, 0.717) is 12.0 Å². The van der Waals surface area contributed by atoms with Crippen molar-refractivity contribution in [3.63, 3.8) is 0 Å². The molecule has 0 radical (unpaired) electrons. The average Bonchev–Trinajstić information content (AvgIpc) is 2.44. The van der Waals surface area contributed by atoms with Crippen LogP contribution in [0.3, 0.4) is 0 Å². The number of hydrogen-bond acceptors (Lipinski definition) is 6. The van der Waals surface area contributed by atoms with Crippen LogP contribution < -0.4 is 21.3 Å². The second-order valence-corrected chi connectivity index (χ2v) is 4.97. The van der Waals surface area contributed by atoms with Gasteiger partial charge in [-0.15, -0.1) is 0 Å². The van der Waals surface area contributed by atoms with E-state index < -0.39 is 0 Å². The summed E-state index contributed by atoms with van der Waals surface area (Å²) in [6, 6.07) is 2.52. The highest BCUT2D eigenvalue weighted by Gasteiger charge is 2.20. The Balaban J connectivity index is 2.11. The van der Waals surface area contributed by atoms with Gasteiger partial charge in [0, 0.05) is 31.7 Å². The molecule has 1 saturated heterocycles. The first-order valence-corrected chi connectivity index (χ1v) is 7.03. The Morgan fingerprint density at radius 1 is 1.47 bits per heavy atom. The Labute approximate surface area is 114 Å². The fraction of sp³-hybridized carbons (Fsp3) is 0.692. The normalized spacial score (nSPS) is 19.5. The molecule has 106 valence electrons. The number of nitrogens with two attached hydrogens (primary N) is 1. The smallest absolute Gasteiger partial charge is 0.223 e. The van der Waals surface area contributed by atoms with Gasteiger partial charge in [-0.05, 0) is 26.3 Å². The topological polar surface area (TPSA) is 79.1 Å². The van der Waals surface area contributed by atoms with Crippen molar-refractivity contribution >= 4 is 17.6 Å². The van der Waals surface area contributed by atoms with Crippen molar-refractivity contribution < 1.29 is 0 Å². The van der Waals surface area contributed by atoms with Crippen molar-refractivity contribution in [2.75, 3.05) is 42.6 Å². The molecular formula is C13H24N6. The third-order valence-corrected chi connectivity index (χ3v) is 3.44. The lowest BCUT2D eigenvalue weighted by Crippen LogP contribution is -2.44. The lowest BCUT2D eigenvalue weighted by atomic mass is 10.1. The van der Waals surface area contributed by atoms with E-state index in [1.165, 1.54) is 12.8 Å². The number of nitrogen functional groups attached to an aromatic ring is 1. The zero-order chi connectivity index (χ0) is 13.7. The van der Waals surface area contributed by atoms with E-state index in [2.05, 4.69) is 32.4 Å². The van der Waals surface area contributed by atoms with E-state index in [1.54, 1.807) is 0 Å². The highest BCUT2D eigenvalue weighted by Crippen LogP contribution is 2.21. The van der Waals surface area contributed by atoms with Gasteiger partial charge < -0.3 is 21.3 Å². The van der Waals surface area contributed by atoms with Gasteiger partial charge in [0.1, 0.15) is 11.6 Å². The summed E-state index contributed by atoms with van der Waals surface area (Å²) in [5.41, 5.74) is 5.80. The molecule has 0 spiro atoms. The molecule has 1 aliphatic rings. The first kappa shape index (κ1) is 13.9. The van der Waals surface area contributed by atoms with E-state index in [1.807, 2.05) is 13.1 Å². The number of rotatable bonds is 5. The molecule has 1 aromatic rings. The maximum atomic E-state index is 5.80. The summed E-state index contributed by atoms with van der Waals surface area (Å²) >= 11 is 0. The molecule has 19 heavy (non-hydrogen) atoms. The summed E-state index contributed by atoms with van der Waals surface area (Å²) in [6.07, 6.45) is 3.45. The quantitative estimate of drug-likeness (QED) is 0.738. The summed E-state index contributed by atoms with van der Waals surface area (Å²) in [5, 5.41) is 6.60. The summed E-state index contributed by atoms with van der Waals surface area (Å²) in [5.74, 6) is 2.07. The largest absolute Gasteiger partial charge is 0.370 e. The van der Waals surface area contributed by atoms with Gasteiger partial charge in [0.15, 0.2) is 0 Å². The predicted octanol–water partition coefficient (Wildman–Crippen LogP) is 1.07. The molecule has 2 heterocycles. The van der Waals surface area contributed by atoms with Crippen LogP contribution in [0.4, 0.5) is 17.6 Å². The third kappa shape index (κ3) is 3.70. The first-order chi connectivity index (χ1) is 9.22. The van der Waals surface area contributed by atoms with Gasteiger partial charge in [-0.3, -0.25) is 0 Å². The number of nitrogens with one attached hydrogen (secondary N) is 2. The molecule has 6 nitrogen and oxygen atoms in total. The summed E-state index contributed by atoms with van der Waals surface area (Å²) < 4.78 is 0. The predicted molar refractivity (Wildman–Crippen MR) is 79.5 cm³/mol. The standard InChI is InChI=1S/C13H24N6/c1-3-6-16-11-8-12(18-13(14)17-11)19-7-4-5-10(9-19)15-2/h8,10,15H,3-7,9H2,1-2H3,(H3,14,16,17,18). The summed E-state index contributed by atoms with van der Waals surface area (Å²) in [4.78, 5) is 10.9. The van der Waals surface area contributed by atoms with Crippen LogP contribution >= 0.6 is 0 Å². The second kappa shape index (κ2) is 6.56. The minimum Gasteiger partial charge on any atom is -0.370 e. The van der Waals surface area contributed by atoms with Crippen molar-refractivity contribution in [2.45, 2.75) is 32.2 Å². The fourth-order valence-electron chi connectivity index (χ4n) is 2.38. The SMILES string of the molecule is CCCNc1cc(N2CCCC(NC)C2)nc(N)n1.